The highest BCUT2D eigenvalue weighted by Crippen LogP contribution is 2.37. The molecule has 0 radical (unpaired) electrons. The van der Waals surface area contributed by atoms with Crippen LogP contribution in [-0.4, -0.2) is 43.6 Å². The number of nitro groups is 1. The van der Waals surface area contributed by atoms with Gasteiger partial charge in [-0.05, 0) is 24.5 Å². The number of benzene rings is 1. The average Bonchev–Trinajstić information content (AvgIpc) is 3.08. The van der Waals surface area contributed by atoms with Crippen molar-refractivity contribution in [2.24, 2.45) is 5.92 Å². The summed E-state index contributed by atoms with van der Waals surface area (Å²) in [6.45, 7) is 2.67. The van der Waals surface area contributed by atoms with E-state index in [9.17, 15) is 14.9 Å². The van der Waals surface area contributed by atoms with E-state index in [1.807, 2.05) is 0 Å². The molecule has 0 spiro atoms. The Labute approximate surface area is 122 Å². The second-order valence-electron chi connectivity index (χ2n) is 5.51. The molecule has 0 saturated carbocycles. The molecule has 0 aromatic heterocycles. The summed E-state index contributed by atoms with van der Waals surface area (Å²) in [6, 6.07) is 5.03. The molecule has 7 nitrogen and oxygen atoms in total. The fourth-order valence-corrected chi connectivity index (χ4v) is 3.35. The molecule has 2 atom stereocenters. The maximum atomic E-state index is 11.6. The molecule has 0 unspecified atom stereocenters. The van der Waals surface area contributed by atoms with Gasteiger partial charge in [-0.25, -0.2) is 0 Å². The number of amides is 1. The van der Waals surface area contributed by atoms with Crippen LogP contribution in [0.4, 0.5) is 11.4 Å². The van der Waals surface area contributed by atoms with Crippen LogP contribution in [0.25, 0.3) is 0 Å². The predicted molar refractivity (Wildman–Crippen MR) is 78.6 cm³/mol. The van der Waals surface area contributed by atoms with E-state index in [1.54, 1.807) is 12.1 Å². The normalized spacial score (nSPS) is 24.0. The molecular formula is C14H18N4O3. The van der Waals surface area contributed by atoms with E-state index in [0.29, 0.717) is 23.2 Å². The van der Waals surface area contributed by atoms with E-state index in [4.69, 9.17) is 0 Å². The van der Waals surface area contributed by atoms with E-state index < -0.39 is 4.92 Å². The molecule has 2 fully saturated rings. The van der Waals surface area contributed by atoms with Crippen LogP contribution in [0, 0.1) is 16.0 Å². The van der Waals surface area contributed by atoms with Crippen LogP contribution >= 0.6 is 0 Å². The van der Waals surface area contributed by atoms with Gasteiger partial charge < -0.3 is 15.5 Å². The quantitative estimate of drug-likeness (QED) is 0.633. The zero-order chi connectivity index (χ0) is 15.0. The van der Waals surface area contributed by atoms with Gasteiger partial charge in [0.2, 0.25) is 0 Å². The van der Waals surface area contributed by atoms with Crippen molar-refractivity contribution in [1.29, 1.82) is 0 Å². The summed E-state index contributed by atoms with van der Waals surface area (Å²) >= 11 is 0. The zero-order valence-corrected chi connectivity index (χ0v) is 11.8. The van der Waals surface area contributed by atoms with E-state index >= 15 is 0 Å². The highest BCUT2D eigenvalue weighted by molar-refractivity contribution is 5.95. The molecular weight excluding hydrogens is 272 g/mol. The minimum Gasteiger partial charge on any atom is -0.361 e. The van der Waals surface area contributed by atoms with E-state index in [0.717, 1.165) is 26.1 Å². The molecule has 7 heteroatoms. The second-order valence-corrected chi connectivity index (χ2v) is 5.51. The Morgan fingerprint density at radius 3 is 3.00 bits per heavy atom. The molecule has 1 aromatic rings. The summed E-state index contributed by atoms with van der Waals surface area (Å²) < 4.78 is 0. The molecule has 3 rings (SSSR count). The van der Waals surface area contributed by atoms with Crippen molar-refractivity contribution in [3.05, 3.63) is 33.9 Å². The van der Waals surface area contributed by atoms with Crippen molar-refractivity contribution >= 4 is 17.3 Å². The smallest absolute Gasteiger partial charge is 0.293 e. The highest BCUT2D eigenvalue weighted by atomic mass is 16.6. The van der Waals surface area contributed by atoms with E-state index in [1.165, 1.54) is 13.1 Å². The first-order valence-corrected chi connectivity index (χ1v) is 7.09. The van der Waals surface area contributed by atoms with Gasteiger partial charge >= 0.3 is 0 Å². The number of carbonyl (C=O) groups is 1. The first kappa shape index (κ1) is 13.8. The molecule has 1 aromatic carbocycles. The van der Waals surface area contributed by atoms with E-state index in [2.05, 4.69) is 15.5 Å². The lowest BCUT2D eigenvalue weighted by molar-refractivity contribution is -0.384. The Hall–Kier alpha value is -2.15. The third-order valence-corrected chi connectivity index (χ3v) is 4.42. The summed E-state index contributed by atoms with van der Waals surface area (Å²) in [4.78, 5) is 24.7. The van der Waals surface area contributed by atoms with Gasteiger partial charge in [-0.15, -0.1) is 0 Å². The number of hydrogen-bond acceptors (Lipinski definition) is 5. The summed E-state index contributed by atoms with van der Waals surface area (Å²) in [7, 11) is 1.51. The summed E-state index contributed by atoms with van der Waals surface area (Å²) in [6.07, 6.45) is 1.05. The third kappa shape index (κ3) is 2.33. The van der Waals surface area contributed by atoms with Crippen LogP contribution in [0.2, 0.25) is 0 Å². The number of fused-ring (bicyclic) bond motifs is 1. The molecule has 2 N–H and O–H groups in total. The standard InChI is InChI=1S/C14H18N4O3/c1-15-14(19)9-2-3-11(12(6-9)18(20)21)17-5-4-10-7-16-8-13(10)17/h2-3,6,10,13,16H,4-5,7-8H2,1H3,(H,15,19)/t10-,13+/m0/s1. The second kappa shape index (κ2) is 5.33. The topological polar surface area (TPSA) is 87.5 Å². The first-order chi connectivity index (χ1) is 10.1. The van der Waals surface area contributed by atoms with E-state index in [-0.39, 0.29) is 11.6 Å². The lowest BCUT2D eigenvalue weighted by Crippen LogP contribution is -2.34. The summed E-state index contributed by atoms with van der Waals surface area (Å²) in [5, 5.41) is 17.2. The lowest BCUT2D eigenvalue weighted by atomic mass is 10.0. The molecule has 0 bridgehead atoms. The van der Waals surface area contributed by atoms with Crippen LogP contribution in [-0.2, 0) is 0 Å². The molecule has 2 heterocycles. The van der Waals surface area contributed by atoms with Crippen molar-refractivity contribution in [1.82, 2.24) is 10.6 Å². The summed E-state index contributed by atoms with van der Waals surface area (Å²) in [5.41, 5.74) is 0.931. The van der Waals surface area contributed by atoms with Crippen LogP contribution in [0.5, 0.6) is 0 Å². The summed E-state index contributed by atoms with van der Waals surface area (Å²) in [5.74, 6) is 0.245. The molecule has 1 amide bonds. The molecule has 0 aliphatic carbocycles. The van der Waals surface area contributed by atoms with Crippen LogP contribution < -0.4 is 15.5 Å². The maximum absolute atomic E-state index is 11.6. The van der Waals surface area contributed by atoms with Crippen molar-refractivity contribution in [3.63, 3.8) is 0 Å². The number of rotatable bonds is 3. The Balaban J connectivity index is 1.98. The Morgan fingerprint density at radius 1 is 1.48 bits per heavy atom. The van der Waals surface area contributed by atoms with Crippen molar-refractivity contribution < 1.29 is 9.72 Å². The van der Waals surface area contributed by atoms with Crippen LogP contribution in [0.15, 0.2) is 18.2 Å². The number of nitro benzene ring substituents is 1. The van der Waals surface area contributed by atoms with Crippen molar-refractivity contribution in [2.45, 2.75) is 12.5 Å². The third-order valence-electron chi connectivity index (χ3n) is 4.42. The maximum Gasteiger partial charge on any atom is 0.293 e. The van der Waals surface area contributed by atoms with Gasteiger partial charge in [0.05, 0.1) is 4.92 Å². The minimum absolute atomic E-state index is 0.00338. The van der Waals surface area contributed by atoms with Crippen molar-refractivity contribution in [3.8, 4) is 0 Å². The minimum atomic E-state index is -0.405. The van der Waals surface area contributed by atoms with Gasteiger partial charge in [0.15, 0.2) is 0 Å². The number of carbonyl (C=O) groups excluding carboxylic acids is 1. The van der Waals surface area contributed by atoms with Gasteiger partial charge in [-0.1, -0.05) is 0 Å². The number of hydrogen-bond donors (Lipinski definition) is 2. The van der Waals surface area contributed by atoms with Crippen LogP contribution in [0.3, 0.4) is 0 Å². The lowest BCUT2D eigenvalue weighted by Gasteiger charge is -2.25. The first-order valence-electron chi connectivity index (χ1n) is 7.09. The fraction of sp³-hybridized carbons (Fsp3) is 0.500. The van der Waals surface area contributed by atoms with Gasteiger partial charge in [0, 0.05) is 44.4 Å². The average molecular weight is 290 g/mol. The molecule has 2 saturated heterocycles. The Bertz CT molecular complexity index is 590. The SMILES string of the molecule is CNC(=O)c1ccc(N2CC[C@H]3CNC[C@H]32)c([N+](=O)[O-])c1. The molecule has 2 aliphatic heterocycles. The van der Waals surface area contributed by atoms with Gasteiger partial charge in [0.25, 0.3) is 11.6 Å². The number of anilines is 1. The van der Waals surface area contributed by atoms with Crippen LogP contribution in [0.1, 0.15) is 16.8 Å². The predicted octanol–water partition coefficient (Wildman–Crippen LogP) is 0.752. The number of nitrogens with zero attached hydrogens (tertiary/aromatic N) is 2. The molecule has 21 heavy (non-hydrogen) atoms. The largest absolute Gasteiger partial charge is 0.361 e. The highest BCUT2D eigenvalue weighted by Gasteiger charge is 2.39. The van der Waals surface area contributed by atoms with Gasteiger partial charge in [0.1, 0.15) is 5.69 Å². The number of nitrogens with one attached hydrogen (secondary N) is 2. The molecule has 112 valence electrons. The Kier molecular flexibility index (Phi) is 3.50. The fourth-order valence-electron chi connectivity index (χ4n) is 3.35. The monoisotopic (exact) mass is 290 g/mol. The Morgan fingerprint density at radius 2 is 2.29 bits per heavy atom. The zero-order valence-electron chi connectivity index (χ0n) is 11.8. The molecule has 2 aliphatic rings. The van der Waals surface area contributed by atoms with Crippen molar-refractivity contribution in [2.75, 3.05) is 31.6 Å². The van der Waals surface area contributed by atoms with Gasteiger partial charge in [-0.2, -0.15) is 0 Å². The van der Waals surface area contributed by atoms with Gasteiger partial charge in [-0.3, -0.25) is 14.9 Å².